The molecular weight excluding hydrogens is 608 g/mol. The Balaban J connectivity index is 0.000000676. The van der Waals surface area contributed by atoms with Gasteiger partial charge in [-0.05, 0) is 79.6 Å². The topological polar surface area (TPSA) is 155 Å². The zero-order valence-corrected chi connectivity index (χ0v) is 25.2. The Bertz CT molecular complexity index is 1570. The highest BCUT2D eigenvalue weighted by atomic mass is 32.2. The van der Waals surface area contributed by atoms with Gasteiger partial charge in [-0.3, -0.25) is 4.79 Å². The summed E-state index contributed by atoms with van der Waals surface area (Å²) < 4.78 is 77.9. The van der Waals surface area contributed by atoms with Crippen LogP contribution in [-0.4, -0.2) is 80.0 Å². The van der Waals surface area contributed by atoms with Crippen LogP contribution in [0.25, 0.3) is 22.0 Å². The molecule has 1 aromatic heterocycles. The molecule has 0 bridgehead atoms. The number of nitrogens with one attached hydrogen (secondary N) is 2. The van der Waals surface area contributed by atoms with Crippen molar-refractivity contribution in [1.29, 1.82) is 0 Å². The molecule has 0 atom stereocenters. The van der Waals surface area contributed by atoms with E-state index in [2.05, 4.69) is 10.3 Å². The van der Waals surface area contributed by atoms with E-state index in [1.165, 1.54) is 6.07 Å². The third kappa shape index (κ3) is 8.77. The highest BCUT2D eigenvalue weighted by Crippen LogP contribution is 2.38. The smallest absolute Gasteiger partial charge is 0.475 e. The van der Waals surface area contributed by atoms with Gasteiger partial charge in [-0.1, -0.05) is 6.07 Å². The summed E-state index contributed by atoms with van der Waals surface area (Å²) in [5, 5.41) is 11.3. The number of primary amides is 1. The van der Waals surface area contributed by atoms with E-state index in [4.69, 9.17) is 20.4 Å². The van der Waals surface area contributed by atoms with Gasteiger partial charge in [0.15, 0.2) is 0 Å². The number of hydrogen-bond acceptors (Lipinski definition) is 6. The second-order valence-corrected chi connectivity index (χ2v) is 12.5. The Hall–Kier alpha value is -3.53. The lowest BCUT2D eigenvalue weighted by Gasteiger charge is -2.31. The highest BCUT2D eigenvalue weighted by Gasteiger charge is 2.38. The summed E-state index contributed by atoms with van der Waals surface area (Å²) in [6.07, 6.45) is -1.00. The van der Waals surface area contributed by atoms with Gasteiger partial charge in [0.2, 0.25) is 10.0 Å². The van der Waals surface area contributed by atoms with Crippen molar-refractivity contribution in [3.8, 4) is 11.1 Å². The largest absolute Gasteiger partial charge is 0.490 e. The van der Waals surface area contributed by atoms with Crippen LogP contribution < -0.4 is 11.1 Å². The van der Waals surface area contributed by atoms with Crippen molar-refractivity contribution in [1.82, 2.24) is 14.6 Å². The Labute approximate surface area is 252 Å². The van der Waals surface area contributed by atoms with Crippen LogP contribution in [0.15, 0.2) is 36.5 Å². The summed E-state index contributed by atoms with van der Waals surface area (Å²) in [4.78, 5) is 24.5. The lowest BCUT2D eigenvalue weighted by molar-refractivity contribution is -0.192. The van der Waals surface area contributed by atoms with Crippen molar-refractivity contribution < 1.29 is 45.4 Å². The molecule has 5 N–H and O–H groups in total. The number of rotatable bonds is 11. The number of carboxylic acid groups (broad SMARTS) is 1. The summed E-state index contributed by atoms with van der Waals surface area (Å²) in [6.45, 7) is 4.58. The molecule has 0 radical (unpaired) electrons. The summed E-state index contributed by atoms with van der Waals surface area (Å²) in [6, 6.07) is 8.52. The number of alkyl halides is 3. The van der Waals surface area contributed by atoms with Crippen molar-refractivity contribution in [2.24, 2.45) is 5.73 Å². The quantitative estimate of drug-likeness (QED) is 0.179. The maximum absolute atomic E-state index is 15.0. The van der Waals surface area contributed by atoms with Crippen molar-refractivity contribution in [2.45, 2.75) is 44.8 Å². The van der Waals surface area contributed by atoms with Gasteiger partial charge in [-0.15, -0.1) is 0 Å². The number of carbonyl (C=O) groups is 2. The molecule has 2 aromatic carbocycles. The third-order valence-electron chi connectivity index (χ3n) is 7.35. The molecule has 10 nitrogen and oxygen atoms in total. The van der Waals surface area contributed by atoms with E-state index >= 15 is 4.39 Å². The molecule has 0 aliphatic carbocycles. The molecule has 2 heterocycles. The van der Waals surface area contributed by atoms with Gasteiger partial charge in [-0.25, -0.2) is 21.9 Å². The molecule has 1 aliphatic rings. The van der Waals surface area contributed by atoms with Gasteiger partial charge in [0, 0.05) is 50.5 Å². The number of nitrogens with zero attached hydrogens (tertiary/aromatic N) is 1. The Morgan fingerprint density at radius 1 is 1.18 bits per heavy atom. The minimum absolute atomic E-state index is 0.0867. The lowest BCUT2D eigenvalue weighted by atomic mass is 9.88. The lowest BCUT2D eigenvalue weighted by Crippen LogP contribution is -2.38. The van der Waals surface area contributed by atoms with Crippen LogP contribution in [0.4, 0.5) is 17.6 Å². The number of benzene rings is 2. The highest BCUT2D eigenvalue weighted by molar-refractivity contribution is 7.89. The molecule has 4 rings (SSSR count). The number of fused-ring (bicyclic) bond motifs is 1. The van der Waals surface area contributed by atoms with Gasteiger partial charge in [0.1, 0.15) is 5.82 Å². The van der Waals surface area contributed by atoms with Gasteiger partial charge in [0.05, 0.1) is 16.8 Å². The molecule has 44 heavy (non-hydrogen) atoms. The van der Waals surface area contributed by atoms with E-state index in [-0.39, 0.29) is 17.5 Å². The minimum atomic E-state index is -5.08. The molecule has 0 unspecified atom stereocenters. The number of piperidine rings is 1. The maximum atomic E-state index is 15.0. The minimum Gasteiger partial charge on any atom is -0.475 e. The fourth-order valence-electron chi connectivity index (χ4n) is 5.05. The van der Waals surface area contributed by atoms with E-state index < -0.39 is 28.1 Å². The molecule has 1 aliphatic heterocycles. The number of methoxy groups -OCH3 is 1. The number of carbonyl (C=O) groups excluding carboxylic acids is 1. The third-order valence-corrected chi connectivity index (χ3v) is 9.24. The van der Waals surface area contributed by atoms with Crippen LogP contribution in [0.3, 0.4) is 0 Å². The number of nitrogens with two attached hydrogens (primary N) is 1. The van der Waals surface area contributed by atoms with E-state index in [1.807, 2.05) is 12.3 Å². The zero-order chi connectivity index (χ0) is 32.7. The zero-order valence-electron chi connectivity index (χ0n) is 24.3. The molecule has 0 spiro atoms. The maximum Gasteiger partial charge on any atom is 0.490 e. The Morgan fingerprint density at radius 3 is 2.41 bits per heavy atom. The number of ether oxygens (including phenoxy) is 1. The fourth-order valence-corrected chi connectivity index (χ4v) is 6.18. The second-order valence-electron chi connectivity index (χ2n) is 10.3. The van der Waals surface area contributed by atoms with Gasteiger partial charge < -0.3 is 25.9 Å². The number of amides is 1. The average Bonchev–Trinajstić information content (AvgIpc) is 3.41. The van der Waals surface area contributed by atoms with Crippen LogP contribution in [-0.2, 0) is 26.1 Å². The fraction of sp³-hybridized carbons (Fsp3) is 0.448. The molecule has 1 fully saturated rings. The second kappa shape index (κ2) is 15.0. The van der Waals surface area contributed by atoms with E-state index in [0.29, 0.717) is 61.3 Å². The van der Waals surface area contributed by atoms with Crippen LogP contribution in [0.1, 0.15) is 53.6 Å². The van der Waals surface area contributed by atoms with E-state index in [0.717, 1.165) is 29.5 Å². The summed E-state index contributed by atoms with van der Waals surface area (Å²) in [5.41, 5.74) is 9.53. The number of hydrogen-bond donors (Lipinski definition) is 4. The number of aliphatic carboxylic acids is 1. The van der Waals surface area contributed by atoms with Crippen molar-refractivity contribution >= 4 is 32.8 Å². The molecule has 1 saturated heterocycles. The molecule has 1 amide bonds. The van der Waals surface area contributed by atoms with E-state index in [9.17, 15) is 26.4 Å². The average molecular weight is 645 g/mol. The Morgan fingerprint density at radius 2 is 1.84 bits per heavy atom. The number of halogens is 4. The SMILES string of the molecule is CCS(=O)(=O)N1CCC(c2c[nH]c3c(C(N)=O)cc(-c4cc(CNCCCOC)ccc4F)cc23)CC1.O=C(O)C(F)(F)F. The van der Waals surface area contributed by atoms with Crippen LogP contribution >= 0.6 is 0 Å². The molecule has 15 heteroatoms. The molecule has 242 valence electrons. The first-order chi connectivity index (χ1) is 20.7. The number of aromatic nitrogens is 1. The van der Waals surface area contributed by atoms with Gasteiger partial charge in [-0.2, -0.15) is 13.2 Å². The van der Waals surface area contributed by atoms with E-state index in [1.54, 1.807) is 36.5 Å². The van der Waals surface area contributed by atoms with Gasteiger partial charge in [0.25, 0.3) is 5.91 Å². The number of H-pyrrole nitrogens is 1. The first kappa shape index (κ1) is 35.0. The molecular formula is C29H36F4N4O6S. The molecule has 0 saturated carbocycles. The van der Waals surface area contributed by atoms with Crippen molar-refractivity contribution in [3.05, 3.63) is 59.0 Å². The number of carboxylic acids is 1. The van der Waals surface area contributed by atoms with Crippen molar-refractivity contribution in [3.63, 3.8) is 0 Å². The summed E-state index contributed by atoms with van der Waals surface area (Å²) in [5.74, 6) is -3.54. The van der Waals surface area contributed by atoms with Crippen LogP contribution in [0.5, 0.6) is 0 Å². The normalized spacial score (nSPS) is 14.8. The monoisotopic (exact) mass is 644 g/mol. The summed E-state index contributed by atoms with van der Waals surface area (Å²) >= 11 is 0. The number of sulfonamides is 1. The van der Waals surface area contributed by atoms with Gasteiger partial charge >= 0.3 is 12.1 Å². The number of aromatic amines is 1. The van der Waals surface area contributed by atoms with Crippen LogP contribution in [0, 0.1) is 5.82 Å². The predicted octanol–water partition coefficient (Wildman–Crippen LogP) is 4.36. The Kier molecular flexibility index (Phi) is 11.9. The molecule has 3 aromatic rings. The first-order valence-corrected chi connectivity index (χ1v) is 15.5. The summed E-state index contributed by atoms with van der Waals surface area (Å²) in [7, 11) is -1.56. The standard InChI is InChI=1S/C27H35FN4O4S.C2HF3O2/c1-3-37(34,35)32-10-7-19(8-11-32)24-17-31-26-22(24)14-20(15-23(26)27(29)33)21-13-18(5-6-25(21)28)16-30-9-4-12-36-2;3-2(4,5)1(6)7/h5-6,13-15,17,19,30-31H,3-4,7-12,16H2,1-2H3,(H2,29,33);(H,6,7). The first-order valence-electron chi connectivity index (χ1n) is 13.9. The van der Waals surface area contributed by atoms with Crippen molar-refractivity contribution in [2.75, 3.05) is 39.1 Å². The van der Waals surface area contributed by atoms with Crippen LogP contribution in [0.2, 0.25) is 0 Å². The predicted molar refractivity (Wildman–Crippen MR) is 157 cm³/mol.